The lowest BCUT2D eigenvalue weighted by Crippen LogP contribution is -2.48. The first-order valence-electron chi connectivity index (χ1n) is 8.12. The van der Waals surface area contributed by atoms with E-state index in [1.807, 2.05) is 12.1 Å². The Bertz CT molecular complexity index is 848. The highest BCUT2D eigenvalue weighted by atomic mass is 79.9. The van der Waals surface area contributed by atoms with Crippen molar-refractivity contribution in [3.05, 3.63) is 39.7 Å². The van der Waals surface area contributed by atoms with Crippen LogP contribution < -0.4 is 9.47 Å². The number of ether oxygens (including phenoxy) is 2. The summed E-state index contributed by atoms with van der Waals surface area (Å²) in [6, 6.07) is 7.27. The van der Waals surface area contributed by atoms with Crippen LogP contribution in [0.5, 0.6) is 11.5 Å². The third-order valence-electron chi connectivity index (χ3n) is 4.37. The van der Waals surface area contributed by atoms with Gasteiger partial charge < -0.3 is 9.47 Å². The Kier molecular flexibility index (Phi) is 6.24. The van der Waals surface area contributed by atoms with E-state index in [0.29, 0.717) is 36.9 Å². The normalized spacial score (nSPS) is 16.6. The maximum absolute atomic E-state index is 12.6. The highest BCUT2D eigenvalue weighted by Crippen LogP contribution is 2.33. The first kappa shape index (κ1) is 19.6. The average molecular weight is 461 g/mol. The van der Waals surface area contributed by atoms with E-state index in [0.717, 1.165) is 21.5 Å². The number of piperazine rings is 1. The fourth-order valence-corrected chi connectivity index (χ4v) is 6.00. The summed E-state index contributed by atoms with van der Waals surface area (Å²) in [5.41, 5.74) is 1.02. The summed E-state index contributed by atoms with van der Waals surface area (Å²) in [6.07, 6.45) is 0. The molecule has 2 aromatic rings. The van der Waals surface area contributed by atoms with Gasteiger partial charge in [0.05, 0.1) is 18.7 Å². The molecule has 0 bridgehead atoms. The molecule has 0 saturated carbocycles. The van der Waals surface area contributed by atoms with Crippen LogP contribution in [0.1, 0.15) is 5.56 Å². The fraction of sp³-hybridized carbons (Fsp3) is 0.412. The summed E-state index contributed by atoms with van der Waals surface area (Å²) in [4.78, 5) is 2.23. The van der Waals surface area contributed by atoms with Crippen LogP contribution in [0.15, 0.2) is 38.3 Å². The molecule has 1 aromatic heterocycles. The van der Waals surface area contributed by atoms with E-state index >= 15 is 0 Å². The van der Waals surface area contributed by atoms with E-state index < -0.39 is 10.0 Å². The van der Waals surface area contributed by atoms with Crippen LogP contribution in [0, 0.1) is 0 Å². The third-order valence-corrected chi connectivity index (χ3v) is 8.26. The summed E-state index contributed by atoms with van der Waals surface area (Å²) >= 11 is 4.72. The number of hydrogen-bond acceptors (Lipinski definition) is 6. The van der Waals surface area contributed by atoms with Gasteiger partial charge in [-0.1, -0.05) is 6.07 Å². The highest BCUT2D eigenvalue weighted by molar-refractivity contribution is 9.10. The molecular formula is C17H21BrN2O4S2. The minimum Gasteiger partial charge on any atom is -0.496 e. The molecule has 0 spiro atoms. The molecule has 1 aliphatic heterocycles. The van der Waals surface area contributed by atoms with Crippen molar-refractivity contribution >= 4 is 37.3 Å². The van der Waals surface area contributed by atoms with E-state index in [1.165, 1.54) is 11.3 Å². The van der Waals surface area contributed by atoms with Crippen LogP contribution in [0.4, 0.5) is 0 Å². The molecule has 1 aromatic carbocycles. The van der Waals surface area contributed by atoms with Gasteiger partial charge in [0, 0.05) is 38.3 Å². The summed E-state index contributed by atoms with van der Waals surface area (Å²) in [5.74, 6) is 1.53. The molecule has 26 heavy (non-hydrogen) atoms. The number of thiophene rings is 1. The van der Waals surface area contributed by atoms with Crippen LogP contribution in [0.3, 0.4) is 0 Å². The van der Waals surface area contributed by atoms with Gasteiger partial charge in [-0.05, 0) is 39.5 Å². The van der Waals surface area contributed by atoms with Crippen LogP contribution >= 0.6 is 27.3 Å². The van der Waals surface area contributed by atoms with E-state index in [-0.39, 0.29) is 0 Å². The summed E-state index contributed by atoms with van der Waals surface area (Å²) in [6.45, 7) is 2.99. The standard InChI is InChI=1S/C17H21BrN2O4S2/c1-23-15-11-14(18)16(24-2)10-13(15)12-19-5-7-20(8-6-19)26(21,22)17-4-3-9-25-17/h3-4,9-11H,5-8,12H2,1-2H3. The van der Waals surface area contributed by atoms with E-state index in [9.17, 15) is 8.42 Å². The molecule has 0 unspecified atom stereocenters. The van der Waals surface area contributed by atoms with Gasteiger partial charge in [0.15, 0.2) is 0 Å². The minimum atomic E-state index is -3.37. The molecule has 1 fully saturated rings. The van der Waals surface area contributed by atoms with Gasteiger partial charge in [-0.25, -0.2) is 8.42 Å². The Hall–Kier alpha value is -1.13. The maximum Gasteiger partial charge on any atom is 0.252 e. The third kappa shape index (κ3) is 4.07. The second-order valence-corrected chi connectivity index (χ2v) is 9.88. The Morgan fingerprint density at radius 3 is 2.38 bits per heavy atom. The predicted octanol–water partition coefficient (Wildman–Crippen LogP) is 3.03. The van der Waals surface area contributed by atoms with Crippen molar-refractivity contribution in [3.63, 3.8) is 0 Å². The van der Waals surface area contributed by atoms with Crippen molar-refractivity contribution in [1.29, 1.82) is 0 Å². The number of halogens is 1. The van der Waals surface area contributed by atoms with E-state index in [2.05, 4.69) is 20.8 Å². The van der Waals surface area contributed by atoms with Crippen molar-refractivity contribution in [3.8, 4) is 11.5 Å². The Morgan fingerprint density at radius 2 is 1.81 bits per heavy atom. The summed E-state index contributed by atoms with van der Waals surface area (Å²) < 4.78 is 38.9. The van der Waals surface area contributed by atoms with Crippen LogP contribution in [-0.4, -0.2) is 58.0 Å². The Balaban J connectivity index is 1.68. The molecule has 0 radical (unpaired) electrons. The van der Waals surface area contributed by atoms with Gasteiger partial charge >= 0.3 is 0 Å². The molecule has 0 N–H and O–H groups in total. The second kappa shape index (κ2) is 8.26. The highest BCUT2D eigenvalue weighted by Gasteiger charge is 2.29. The number of sulfonamides is 1. The number of benzene rings is 1. The van der Waals surface area contributed by atoms with Crippen LogP contribution in [0.2, 0.25) is 0 Å². The number of nitrogens with zero attached hydrogens (tertiary/aromatic N) is 2. The van der Waals surface area contributed by atoms with Gasteiger partial charge in [-0.15, -0.1) is 11.3 Å². The average Bonchev–Trinajstić information content (AvgIpc) is 3.19. The largest absolute Gasteiger partial charge is 0.496 e. The lowest BCUT2D eigenvalue weighted by atomic mass is 10.1. The van der Waals surface area contributed by atoms with Crippen LogP contribution in [-0.2, 0) is 16.6 Å². The summed E-state index contributed by atoms with van der Waals surface area (Å²) in [5, 5.41) is 1.79. The molecule has 142 valence electrons. The van der Waals surface area contributed by atoms with Crippen LogP contribution in [0.25, 0.3) is 0 Å². The zero-order valence-corrected chi connectivity index (χ0v) is 17.9. The first-order valence-corrected chi connectivity index (χ1v) is 11.2. The van der Waals surface area contributed by atoms with Gasteiger partial charge in [0.2, 0.25) is 0 Å². The van der Waals surface area contributed by atoms with Crippen molar-refractivity contribution < 1.29 is 17.9 Å². The quantitative estimate of drug-likeness (QED) is 0.662. The smallest absolute Gasteiger partial charge is 0.252 e. The molecule has 1 saturated heterocycles. The molecule has 3 rings (SSSR count). The summed E-state index contributed by atoms with van der Waals surface area (Å²) in [7, 11) is -0.0981. The zero-order chi connectivity index (χ0) is 18.7. The molecule has 2 heterocycles. The zero-order valence-electron chi connectivity index (χ0n) is 14.6. The van der Waals surface area contributed by atoms with Gasteiger partial charge in [-0.2, -0.15) is 4.31 Å². The maximum atomic E-state index is 12.6. The van der Waals surface area contributed by atoms with E-state index in [4.69, 9.17) is 9.47 Å². The number of methoxy groups -OCH3 is 2. The number of rotatable bonds is 6. The van der Waals surface area contributed by atoms with Gasteiger partial charge in [0.25, 0.3) is 10.0 Å². The lowest BCUT2D eigenvalue weighted by Gasteiger charge is -2.34. The minimum absolute atomic E-state index is 0.408. The molecule has 9 heteroatoms. The molecule has 0 atom stereocenters. The Morgan fingerprint density at radius 1 is 1.12 bits per heavy atom. The molecule has 0 aliphatic carbocycles. The van der Waals surface area contributed by atoms with Crippen molar-refractivity contribution in [1.82, 2.24) is 9.21 Å². The molecule has 6 nitrogen and oxygen atoms in total. The van der Waals surface area contributed by atoms with Gasteiger partial charge in [-0.3, -0.25) is 4.90 Å². The fourth-order valence-electron chi connectivity index (χ4n) is 2.95. The lowest BCUT2D eigenvalue weighted by molar-refractivity contribution is 0.180. The first-order chi connectivity index (χ1) is 12.5. The van der Waals surface area contributed by atoms with Crippen molar-refractivity contribution in [2.75, 3.05) is 40.4 Å². The monoisotopic (exact) mass is 460 g/mol. The van der Waals surface area contributed by atoms with E-state index in [1.54, 1.807) is 36.0 Å². The van der Waals surface area contributed by atoms with Crippen molar-refractivity contribution in [2.24, 2.45) is 0 Å². The topological polar surface area (TPSA) is 59.1 Å². The molecule has 1 aliphatic rings. The number of hydrogen-bond donors (Lipinski definition) is 0. The van der Waals surface area contributed by atoms with Crippen molar-refractivity contribution in [2.45, 2.75) is 10.8 Å². The predicted molar refractivity (Wildman–Crippen MR) is 106 cm³/mol. The Labute approximate surface area is 166 Å². The molecule has 0 amide bonds. The second-order valence-electron chi connectivity index (χ2n) is 5.91. The molecular weight excluding hydrogens is 440 g/mol. The van der Waals surface area contributed by atoms with Gasteiger partial charge in [0.1, 0.15) is 15.7 Å². The SMILES string of the molecule is COc1cc(CN2CCN(S(=O)(=O)c3cccs3)CC2)c(OC)cc1Br.